The minimum atomic E-state index is 0.230. The van der Waals surface area contributed by atoms with Gasteiger partial charge in [0, 0.05) is 12.2 Å². The molecule has 0 saturated carbocycles. The maximum Gasteiger partial charge on any atom is 0.247 e. The molecule has 0 N–H and O–H groups in total. The first-order valence-corrected chi connectivity index (χ1v) is 6.74. The van der Waals surface area contributed by atoms with Gasteiger partial charge in [0.25, 0.3) is 0 Å². The van der Waals surface area contributed by atoms with Gasteiger partial charge in [0.2, 0.25) is 11.8 Å². The Kier molecular flexibility index (Phi) is 2.77. The van der Waals surface area contributed by atoms with E-state index in [1.165, 1.54) is 0 Å². The summed E-state index contributed by atoms with van der Waals surface area (Å²) in [6.45, 7) is 1.89. The van der Waals surface area contributed by atoms with Crippen LogP contribution >= 0.6 is 0 Å². The third-order valence-corrected chi connectivity index (χ3v) is 3.63. The number of rotatable bonds is 2. The lowest BCUT2D eigenvalue weighted by molar-refractivity contribution is 0.190. The first-order valence-electron chi connectivity index (χ1n) is 6.74. The van der Waals surface area contributed by atoms with Gasteiger partial charge in [-0.2, -0.15) is 0 Å². The maximum absolute atomic E-state index is 5.77. The molecule has 3 heterocycles. The van der Waals surface area contributed by atoms with Crippen LogP contribution in [0.15, 0.2) is 28.7 Å². The van der Waals surface area contributed by atoms with E-state index in [2.05, 4.69) is 10.2 Å². The van der Waals surface area contributed by atoms with E-state index >= 15 is 0 Å². The standard InChI is InChI=1S/C15H14N2O3/c1-2-4-13-10(3-1)7-12(9-19-13)15-17-16-14(20-15)11-5-6-18-8-11/h1-4,7,11H,5-6,8-9H2/t11-/m1/s1. The van der Waals surface area contributed by atoms with Crippen LogP contribution < -0.4 is 4.74 Å². The Labute approximate surface area is 116 Å². The van der Waals surface area contributed by atoms with Gasteiger partial charge in [-0.3, -0.25) is 0 Å². The molecule has 4 rings (SSSR count). The number of fused-ring (bicyclic) bond motifs is 1. The van der Waals surface area contributed by atoms with Crippen molar-refractivity contribution >= 4 is 11.6 Å². The summed E-state index contributed by atoms with van der Waals surface area (Å²) >= 11 is 0. The second-order valence-electron chi connectivity index (χ2n) is 5.00. The fourth-order valence-corrected chi connectivity index (χ4v) is 2.50. The molecule has 1 aromatic carbocycles. The smallest absolute Gasteiger partial charge is 0.247 e. The molecule has 1 atom stereocenters. The van der Waals surface area contributed by atoms with Crippen LogP contribution in [0.25, 0.3) is 11.6 Å². The molecule has 1 fully saturated rings. The van der Waals surface area contributed by atoms with Gasteiger partial charge in [0.1, 0.15) is 12.4 Å². The zero-order chi connectivity index (χ0) is 13.4. The van der Waals surface area contributed by atoms with E-state index in [1.807, 2.05) is 30.3 Å². The fourth-order valence-electron chi connectivity index (χ4n) is 2.50. The van der Waals surface area contributed by atoms with Crippen LogP contribution in [0.2, 0.25) is 0 Å². The van der Waals surface area contributed by atoms with E-state index in [-0.39, 0.29) is 5.92 Å². The lowest BCUT2D eigenvalue weighted by atomic mass is 10.1. The van der Waals surface area contributed by atoms with Crippen LogP contribution in [0.3, 0.4) is 0 Å². The lowest BCUT2D eigenvalue weighted by Crippen LogP contribution is -2.06. The maximum atomic E-state index is 5.77. The number of ether oxygens (including phenoxy) is 2. The highest BCUT2D eigenvalue weighted by Gasteiger charge is 2.25. The number of nitrogens with zero attached hydrogens (tertiary/aromatic N) is 2. The summed E-state index contributed by atoms with van der Waals surface area (Å²) < 4.78 is 16.8. The number of aromatic nitrogens is 2. The third-order valence-electron chi connectivity index (χ3n) is 3.63. The molecular formula is C15H14N2O3. The summed E-state index contributed by atoms with van der Waals surface area (Å²) in [5.74, 6) is 2.33. The van der Waals surface area contributed by atoms with Crippen molar-refractivity contribution in [1.82, 2.24) is 10.2 Å². The first-order chi connectivity index (χ1) is 9.90. The Bertz CT molecular complexity index is 657. The van der Waals surface area contributed by atoms with Crippen molar-refractivity contribution in [3.05, 3.63) is 41.6 Å². The molecule has 0 aliphatic carbocycles. The minimum Gasteiger partial charge on any atom is -0.488 e. The van der Waals surface area contributed by atoms with Crippen molar-refractivity contribution in [2.45, 2.75) is 12.3 Å². The molecule has 2 aliphatic heterocycles. The van der Waals surface area contributed by atoms with Gasteiger partial charge >= 0.3 is 0 Å². The average Bonchev–Trinajstić information content (AvgIpc) is 3.17. The number of para-hydroxylation sites is 1. The minimum absolute atomic E-state index is 0.230. The summed E-state index contributed by atoms with van der Waals surface area (Å²) in [7, 11) is 0. The van der Waals surface area contributed by atoms with Crippen LogP contribution in [-0.4, -0.2) is 30.0 Å². The molecule has 0 bridgehead atoms. The van der Waals surface area contributed by atoms with Crippen LogP contribution in [0.1, 0.15) is 29.7 Å². The molecule has 0 unspecified atom stereocenters. The molecule has 2 aromatic rings. The molecule has 5 nitrogen and oxygen atoms in total. The number of hydrogen-bond donors (Lipinski definition) is 0. The highest BCUT2D eigenvalue weighted by molar-refractivity contribution is 5.82. The van der Waals surface area contributed by atoms with Gasteiger partial charge in [0.15, 0.2) is 0 Å². The van der Waals surface area contributed by atoms with Crippen LogP contribution in [0, 0.1) is 0 Å². The molecule has 5 heteroatoms. The first kappa shape index (κ1) is 11.7. The van der Waals surface area contributed by atoms with Crippen LogP contribution in [0.5, 0.6) is 5.75 Å². The Morgan fingerprint density at radius 2 is 2.10 bits per heavy atom. The Morgan fingerprint density at radius 3 is 3.00 bits per heavy atom. The topological polar surface area (TPSA) is 57.4 Å². The highest BCUT2D eigenvalue weighted by atomic mass is 16.5. The van der Waals surface area contributed by atoms with Gasteiger partial charge in [-0.1, -0.05) is 18.2 Å². The summed E-state index contributed by atoms with van der Waals surface area (Å²) in [6, 6.07) is 7.91. The van der Waals surface area contributed by atoms with Crippen molar-refractivity contribution in [1.29, 1.82) is 0 Å². The van der Waals surface area contributed by atoms with Crippen molar-refractivity contribution in [3.63, 3.8) is 0 Å². The van der Waals surface area contributed by atoms with E-state index < -0.39 is 0 Å². The molecule has 20 heavy (non-hydrogen) atoms. The highest BCUT2D eigenvalue weighted by Crippen LogP contribution is 2.31. The Balaban J connectivity index is 1.64. The monoisotopic (exact) mass is 270 g/mol. The largest absolute Gasteiger partial charge is 0.488 e. The van der Waals surface area contributed by atoms with Gasteiger partial charge in [-0.15, -0.1) is 10.2 Å². The predicted octanol–water partition coefficient (Wildman–Crippen LogP) is 2.51. The molecule has 0 amide bonds. The summed E-state index contributed by atoms with van der Waals surface area (Å²) in [6.07, 6.45) is 2.99. The van der Waals surface area contributed by atoms with Gasteiger partial charge < -0.3 is 13.9 Å². The van der Waals surface area contributed by atoms with E-state index in [0.717, 1.165) is 29.9 Å². The van der Waals surface area contributed by atoms with E-state index in [1.54, 1.807) is 0 Å². The quantitative estimate of drug-likeness (QED) is 0.839. The summed E-state index contributed by atoms with van der Waals surface area (Å²) in [5, 5.41) is 8.27. The second-order valence-corrected chi connectivity index (χ2v) is 5.00. The van der Waals surface area contributed by atoms with Crippen LogP contribution in [-0.2, 0) is 4.74 Å². The van der Waals surface area contributed by atoms with Crippen molar-refractivity contribution in [3.8, 4) is 5.75 Å². The van der Waals surface area contributed by atoms with Gasteiger partial charge in [-0.05, 0) is 18.6 Å². The zero-order valence-corrected chi connectivity index (χ0v) is 10.9. The average molecular weight is 270 g/mol. The normalized spacial score (nSPS) is 21.2. The van der Waals surface area contributed by atoms with Gasteiger partial charge in [-0.25, -0.2) is 0 Å². The van der Waals surface area contributed by atoms with Crippen molar-refractivity contribution in [2.75, 3.05) is 19.8 Å². The molecular weight excluding hydrogens is 256 g/mol. The summed E-state index contributed by atoms with van der Waals surface area (Å²) in [5.41, 5.74) is 1.96. The SMILES string of the molecule is C1=C(c2nnc([C@@H]3CCOC3)o2)COc2ccccc21. The third kappa shape index (κ3) is 2.00. The van der Waals surface area contributed by atoms with Crippen molar-refractivity contribution < 1.29 is 13.9 Å². The number of hydrogen-bond acceptors (Lipinski definition) is 5. The molecule has 102 valence electrons. The summed E-state index contributed by atoms with van der Waals surface area (Å²) in [4.78, 5) is 0. The molecule has 1 aromatic heterocycles. The molecule has 0 spiro atoms. The van der Waals surface area contributed by atoms with Gasteiger partial charge in [0.05, 0.1) is 18.1 Å². The molecule has 2 aliphatic rings. The molecule has 0 radical (unpaired) electrons. The van der Waals surface area contributed by atoms with Crippen molar-refractivity contribution in [2.24, 2.45) is 0 Å². The Morgan fingerprint density at radius 1 is 1.15 bits per heavy atom. The number of benzene rings is 1. The lowest BCUT2D eigenvalue weighted by Gasteiger charge is -2.15. The molecule has 1 saturated heterocycles. The predicted molar refractivity (Wildman–Crippen MR) is 72.3 cm³/mol. The van der Waals surface area contributed by atoms with E-state index in [4.69, 9.17) is 13.9 Å². The van der Waals surface area contributed by atoms with E-state index in [9.17, 15) is 0 Å². The van der Waals surface area contributed by atoms with E-state index in [0.29, 0.717) is 25.0 Å². The Hall–Kier alpha value is -2.14. The second kappa shape index (κ2) is 4.76. The fraction of sp³-hybridized carbons (Fsp3) is 0.333. The van der Waals surface area contributed by atoms with Crippen LogP contribution in [0.4, 0.5) is 0 Å². The zero-order valence-electron chi connectivity index (χ0n) is 10.9.